The number of aliphatic imine (C=N–C) groups is 1. The third kappa shape index (κ3) is 3.83. The molecule has 144 valence electrons. The van der Waals surface area contributed by atoms with Crippen LogP contribution < -0.4 is 4.74 Å². The van der Waals surface area contributed by atoms with E-state index < -0.39 is 0 Å². The van der Waals surface area contributed by atoms with Gasteiger partial charge in [-0.05, 0) is 61.6 Å². The van der Waals surface area contributed by atoms with Gasteiger partial charge in [0.2, 0.25) is 0 Å². The van der Waals surface area contributed by atoms with E-state index in [0.717, 1.165) is 44.7 Å². The molecule has 0 saturated carbocycles. The Morgan fingerprint density at radius 1 is 1.00 bits per heavy atom. The first-order chi connectivity index (χ1) is 13.3. The molecule has 1 aliphatic carbocycles. The Labute approximate surface area is 163 Å². The van der Waals surface area contributed by atoms with E-state index in [4.69, 9.17) is 4.74 Å². The first-order valence-electron chi connectivity index (χ1n) is 10.8. The van der Waals surface area contributed by atoms with Crippen molar-refractivity contribution in [2.75, 3.05) is 13.2 Å². The molecular weight excluding hydrogens is 332 g/mol. The number of hydrogen-bond donors (Lipinski definition) is 0. The van der Waals surface area contributed by atoms with Crippen molar-refractivity contribution < 1.29 is 4.74 Å². The largest absolute Gasteiger partial charge is 0.494 e. The predicted molar refractivity (Wildman–Crippen MR) is 113 cm³/mol. The highest BCUT2D eigenvalue weighted by Gasteiger charge is 2.25. The number of hydrogen-bond acceptors (Lipinski definition) is 2. The summed E-state index contributed by atoms with van der Waals surface area (Å²) in [6, 6.07) is 9.07. The van der Waals surface area contributed by atoms with Crippen LogP contribution in [0, 0.1) is 0 Å². The molecule has 2 aliphatic rings. The zero-order valence-corrected chi connectivity index (χ0v) is 16.9. The minimum absolute atomic E-state index is 0.840. The number of nitrogens with zero attached hydrogens (tertiary/aromatic N) is 2. The van der Waals surface area contributed by atoms with Gasteiger partial charge >= 0.3 is 0 Å². The molecule has 0 N–H and O–H groups in total. The summed E-state index contributed by atoms with van der Waals surface area (Å²) in [4.78, 5) is 4.63. The molecule has 4 rings (SSSR count). The molecule has 0 amide bonds. The normalized spacial score (nSPS) is 15.0. The van der Waals surface area contributed by atoms with E-state index in [9.17, 15) is 0 Å². The summed E-state index contributed by atoms with van der Waals surface area (Å²) in [6.07, 6.45) is 10.1. The number of fused-ring (bicyclic) bond motifs is 5. The lowest BCUT2D eigenvalue weighted by molar-refractivity contribution is 0.304. The summed E-state index contributed by atoms with van der Waals surface area (Å²) < 4.78 is 8.53. The van der Waals surface area contributed by atoms with Gasteiger partial charge in [-0.2, -0.15) is 0 Å². The van der Waals surface area contributed by atoms with Gasteiger partial charge < -0.3 is 9.30 Å². The van der Waals surface area contributed by atoms with Crippen molar-refractivity contribution in [3.05, 3.63) is 41.1 Å². The van der Waals surface area contributed by atoms with Crippen molar-refractivity contribution >= 4 is 5.71 Å². The number of unbranched alkanes of at least 4 members (excludes halogenated alkanes) is 5. The van der Waals surface area contributed by atoms with Crippen LogP contribution in [0.3, 0.4) is 0 Å². The average Bonchev–Trinajstić information content (AvgIpc) is 3.08. The van der Waals surface area contributed by atoms with Crippen LogP contribution in [0.15, 0.2) is 29.3 Å². The maximum absolute atomic E-state index is 6.05. The second-order valence-corrected chi connectivity index (χ2v) is 7.96. The second-order valence-electron chi connectivity index (χ2n) is 7.96. The Kier molecular flexibility index (Phi) is 5.66. The molecule has 2 heterocycles. The molecule has 0 radical (unpaired) electrons. The molecule has 0 saturated heterocycles. The molecular formula is C24H32N2O. The highest BCUT2D eigenvalue weighted by Crippen LogP contribution is 2.38. The molecule has 0 atom stereocenters. The lowest BCUT2D eigenvalue weighted by Crippen LogP contribution is -2.17. The third-order valence-corrected chi connectivity index (χ3v) is 5.98. The average molecular weight is 365 g/mol. The fourth-order valence-corrected chi connectivity index (χ4v) is 4.48. The SMILES string of the molecule is CCCCCCCCOc1ccc2c(c1)CCc1cc3n(c1-2)CCN=C3C. The van der Waals surface area contributed by atoms with Gasteiger partial charge in [-0.3, -0.25) is 4.99 Å². The molecule has 2 aromatic rings. The van der Waals surface area contributed by atoms with Gasteiger partial charge in [0.05, 0.1) is 30.3 Å². The van der Waals surface area contributed by atoms with Crippen LogP contribution in [0.4, 0.5) is 0 Å². The number of aryl methyl sites for hydroxylation is 2. The second kappa shape index (κ2) is 8.33. The van der Waals surface area contributed by atoms with Gasteiger partial charge in [0.25, 0.3) is 0 Å². The van der Waals surface area contributed by atoms with E-state index in [1.807, 2.05) is 0 Å². The summed E-state index contributed by atoms with van der Waals surface area (Å²) in [5.41, 5.74) is 8.21. The van der Waals surface area contributed by atoms with Crippen LogP contribution in [0.25, 0.3) is 11.3 Å². The summed E-state index contributed by atoms with van der Waals surface area (Å²) in [6.45, 7) is 7.13. The summed E-state index contributed by atoms with van der Waals surface area (Å²) in [5.74, 6) is 1.04. The van der Waals surface area contributed by atoms with E-state index in [0.29, 0.717) is 0 Å². The van der Waals surface area contributed by atoms with Crippen molar-refractivity contribution in [2.24, 2.45) is 4.99 Å². The third-order valence-electron chi connectivity index (χ3n) is 5.98. The molecule has 0 unspecified atom stereocenters. The van der Waals surface area contributed by atoms with Crippen molar-refractivity contribution in [1.82, 2.24) is 4.57 Å². The fourth-order valence-electron chi connectivity index (χ4n) is 4.48. The van der Waals surface area contributed by atoms with Crippen molar-refractivity contribution in [3.63, 3.8) is 0 Å². The number of aromatic nitrogens is 1. The Hall–Kier alpha value is -2.03. The first-order valence-corrected chi connectivity index (χ1v) is 10.8. The van der Waals surface area contributed by atoms with E-state index in [1.165, 1.54) is 65.9 Å². The minimum atomic E-state index is 0.840. The summed E-state index contributed by atoms with van der Waals surface area (Å²) in [5, 5.41) is 0. The molecule has 0 fully saturated rings. The number of ether oxygens (including phenoxy) is 1. The molecule has 27 heavy (non-hydrogen) atoms. The Morgan fingerprint density at radius 2 is 1.81 bits per heavy atom. The van der Waals surface area contributed by atoms with Crippen molar-refractivity contribution in [3.8, 4) is 17.0 Å². The van der Waals surface area contributed by atoms with Crippen LogP contribution >= 0.6 is 0 Å². The molecule has 1 aliphatic heterocycles. The van der Waals surface area contributed by atoms with Gasteiger partial charge in [0.15, 0.2) is 0 Å². The van der Waals surface area contributed by atoms with Crippen molar-refractivity contribution in [2.45, 2.75) is 71.8 Å². The monoisotopic (exact) mass is 364 g/mol. The fraction of sp³-hybridized carbons (Fsp3) is 0.542. The molecule has 0 spiro atoms. The molecule has 1 aromatic heterocycles. The molecule has 3 nitrogen and oxygen atoms in total. The topological polar surface area (TPSA) is 26.5 Å². The van der Waals surface area contributed by atoms with E-state index in [1.54, 1.807) is 0 Å². The predicted octanol–water partition coefficient (Wildman–Crippen LogP) is 5.82. The quantitative estimate of drug-likeness (QED) is 0.542. The smallest absolute Gasteiger partial charge is 0.119 e. The Morgan fingerprint density at radius 3 is 2.70 bits per heavy atom. The van der Waals surface area contributed by atoms with Crippen LogP contribution in [0.1, 0.15) is 69.2 Å². The van der Waals surface area contributed by atoms with Gasteiger partial charge in [-0.1, -0.05) is 39.0 Å². The van der Waals surface area contributed by atoms with Crippen LogP contribution in [0.2, 0.25) is 0 Å². The van der Waals surface area contributed by atoms with Crippen LogP contribution in [-0.2, 0) is 19.4 Å². The maximum atomic E-state index is 6.05. The lowest BCUT2D eigenvalue weighted by atomic mass is 9.90. The molecule has 3 heteroatoms. The van der Waals surface area contributed by atoms with Crippen LogP contribution in [0.5, 0.6) is 5.75 Å². The van der Waals surface area contributed by atoms with Gasteiger partial charge in [0, 0.05) is 12.1 Å². The van der Waals surface area contributed by atoms with Crippen molar-refractivity contribution in [1.29, 1.82) is 0 Å². The van der Waals surface area contributed by atoms with Gasteiger partial charge in [0.1, 0.15) is 5.75 Å². The van der Waals surface area contributed by atoms with E-state index in [-0.39, 0.29) is 0 Å². The van der Waals surface area contributed by atoms with Gasteiger partial charge in [-0.25, -0.2) is 0 Å². The van der Waals surface area contributed by atoms with E-state index in [2.05, 4.69) is 47.7 Å². The highest BCUT2D eigenvalue weighted by atomic mass is 16.5. The Balaban J connectivity index is 1.43. The lowest BCUT2D eigenvalue weighted by Gasteiger charge is -2.22. The molecule has 1 aromatic carbocycles. The zero-order valence-electron chi connectivity index (χ0n) is 16.9. The minimum Gasteiger partial charge on any atom is -0.494 e. The van der Waals surface area contributed by atoms with Gasteiger partial charge in [-0.15, -0.1) is 0 Å². The Bertz CT molecular complexity index is 831. The van der Waals surface area contributed by atoms with Crippen LogP contribution in [-0.4, -0.2) is 23.4 Å². The summed E-state index contributed by atoms with van der Waals surface area (Å²) >= 11 is 0. The molecule has 0 bridgehead atoms. The zero-order chi connectivity index (χ0) is 18.6. The number of rotatable bonds is 8. The standard InChI is InChI=1S/C24H32N2O/c1-3-4-5-6-7-8-15-27-21-11-12-22-19(16-21)9-10-20-17-23-18(2)25-13-14-26(23)24(20)22/h11-12,16-17H,3-10,13-15H2,1-2H3. The first kappa shape index (κ1) is 18.3. The maximum Gasteiger partial charge on any atom is 0.119 e. The highest BCUT2D eigenvalue weighted by molar-refractivity contribution is 5.99. The number of benzene rings is 1. The summed E-state index contributed by atoms with van der Waals surface area (Å²) in [7, 11) is 0. The van der Waals surface area contributed by atoms with E-state index >= 15 is 0 Å².